The largest absolute Gasteiger partial charge is 0.368 e. The molecule has 2 amide bonds. The second-order valence-corrected chi connectivity index (χ2v) is 8.91. The van der Waals surface area contributed by atoms with E-state index < -0.39 is 0 Å². The highest BCUT2D eigenvalue weighted by atomic mass is 19.1. The predicted octanol–water partition coefficient (Wildman–Crippen LogP) is 4.18. The van der Waals surface area contributed by atoms with E-state index in [1.807, 2.05) is 52.3 Å². The molecule has 0 aromatic heterocycles. The van der Waals surface area contributed by atoms with Gasteiger partial charge in [0.15, 0.2) is 0 Å². The second kappa shape index (κ2) is 9.22. The van der Waals surface area contributed by atoms with Crippen molar-refractivity contribution in [2.45, 2.75) is 12.8 Å². The Labute approximate surface area is 193 Å². The van der Waals surface area contributed by atoms with Crippen molar-refractivity contribution in [3.63, 3.8) is 0 Å². The summed E-state index contributed by atoms with van der Waals surface area (Å²) < 4.78 is 13.2. The number of carbonyl (C=O) groups is 2. The number of hydrogen-bond donors (Lipinski definition) is 0. The SMILES string of the molecule is O=C(c1cccc2ccccc12)N1CCCC(C(=O)N2CCN(c3ccc(F)cc3)CC2)C1. The van der Waals surface area contributed by atoms with Crippen LogP contribution in [-0.2, 0) is 4.79 Å². The minimum Gasteiger partial charge on any atom is -0.368 e. The first-order chi connectivity index (χ1) is 16.1. The van der Waals surface area contributed by atoms with Gasteiger partial charge in [-0.25, -0.2) is 4.39 Å². The molecular formula is C27H28FN3O2. The number of fused-ring (bicyclic) bond motifs is 1. The first-order valence-corrected chi connectivity index (χ1v) is 11.7. The molecular weight excluding hydrogens is 417 g/mol. The summed E-state index contributed by atoms with van der Waals surface area (Å²) in [6, 6.07) is 20.2. The molecule has 0 aliphatic carbocycles. The van der Waals surface area contributed by atoms with Gasteiger partial charge in [-0.1, -0.05) is 36.4 Å². The monoisotopic (exact) mass is 445 g/mol. The number of benzene rings is 3. The molecule has 0 radical (unpaired) electrons. The van der Waals surface area contributed by atoms with E-state index >= 15 is 0 Å². The van der Waals surface area contributed by atoms with E-state index in [-0.39, 0.29) is 23.5 Å². The third kappa shape index (κ3) is 4.42. The zero-order valence-electron chi connectivity index (χ0n) is 18.6. The van der Waals surface area contributed by atoms with Crippen LogP contribution in [0.1, 0.15) is 23.2 Å². The molecule has 170 valence electrons. The number of anilines is 1. The summed E-state index contributed by atoms with van der Waals surface area (Å²) in [5.41, 5.74) is 1.68. The van der Waals surface area contributed by atoms with Crippen molar-refractivity contribution in [3.8, 4) is 0 Å². The fourth-order valence-corrected chi connectivity index (χ4v) is 5.04. The Morgan fingerprint density at radius 2 is 1.52 bits per heavy atom. The van der Waals surface area contributed by atoms with Gasteiger partial charge in [-0.05, 0) is 53.9 Å². The maximum absolute atomic E-state index is 13.3. The summed E-state index contributed by atoms with van der Waals surface area (Å²) >= 11 is 0. The zero-order chi connectivity index (χ0) is 22.8. The van der Waals surface area contributed by atoms with Gasteiger partial charge in [-0.2, -0.15) is 0 Å². The highest BCUT2D eigenvalue weighted by Crippen LogP contribution is 2.25. The van der Waals surface area contributed by atoms with Crippen molar-refractivity contribution in [1.82, 2.24) is 9.80 Å². The van der Waals surface area contributed by atoms with Crippen LogP contribution >= 0.6 is 0 Å². The lowest BCUT2D eigenvalue weighted by atomic mass is 9.95. The summed E-state index contributed by atoms with van der Waals surface area (Å²) in [5.74, 6) is -0.253. The Balaban J connectivity index is 1.23. The van der Waals surface area contributed by atoms with Crippen molar-refractivity contribution in [1.29, 1.82) is 0 Å². The van der Waals surface area contributed by atoms with Gasteiger partial charge in [-0.3, -0.25) is 9.59 Å². The van der Waals surface area contributed by atoms with Gasteiger partial charge in [0, 0.05) is 50.5 Å². The molecule has 3 aromatic carbocycles. The van der Waals surface area contributed by atoms with E-state index in [2.05, 4.69) is 4.90 Å². The molecule has 3 aromatic rings. The van der Waals surface area contributed by atoms with Crippen LogP contribution in [0.25, 0.3) is 10.8 Å². The normalized spacial score (nSPS) is 19.1. The summed E-state index contributed by atoms with van der Waals surface area (Å²) in [6.45, 7) is 3.89. The highest BCUT2D eigenvalue weighted by Gasteiger charge is 2.33. The predicted molar refractivity (Wildman–Crippen MR) is 128 cm³/mol. The van der Waals surface area contributed by atoms with E-state index in [9.17, 15) is 14.0 Å². The van der Waals surface area contributed by atoms with Gasteiger partial charge in [0.25, 0.3) is 5.91 Å². The van der Waals surface area contributed by atoms with E-state index in [0.717, 1.165) is 42.4 Å². The molecule has 0 spiro atoms. The summed E-state index contributed by atoms with van der Waals surface area (Å²) in [6.07, 6.45) is 1.65. The van der Waals surface area contributed by atoms with E-state index in [1.165, 1.54) is 12.1 Å². The number of amides is 2. The van der Waals surface area contributed by atoms with Gasteiger partial charge < -0.3 is 14.7 Å². The molecule has 0 N–H and O–H groups in total. The third-order valence-corrected chi connectivity index (χ3v) is 6.86. The maximum atomic E-state index is 13.3. The number of piperazine rings is 1. The smallest absolute Gasteiger partial charge is 0.254 e. The maximum Gasteiger partial charge on any atom is 0.254 e. The summed E-state index contributed by atoms with van der Waals surface area (Å²) in [4.78, 5) is 32.6. The van der Waals surface area contributed by atoms with Crippen LogP contribution in [0.3, 0.4) is 0 Å². The lowest BCUT2D eigenvalue weighted by molar-refractivity contribution is -0.137. The van der Waals surface area contributed by atoms with Crippen molar-refractivity contribution in [2.24, 2.45) is 5.92 Å². The summed E-state index contributed by atoms with van der Waals surface area (Å²) in [7, 11) is 0. The number of nitrogens with zero attached hydrogens (tertiary/aromatic N) is 3. The molecule has 1 atom stereocenters. The van der Waals surface area contributed by atoms with Crippen LogP contribution < -0.4 is 4.90 Å². The molecule has 2 heterocycles. The number of likely N-dealkylation sites (tertiary alicyclic amines) is 1. The van der Waals surface area contributed by atoms with Gasteiger partial charge in [0.1, 0.15) is 5.82 Å². The van der Waals surface area contributed by atoms with Crippen LogP contribution in [0.15, 0.2) is 66.7 Å². The standard InChI is InChI=1S/C27H28FN3O2/c28-22-10-12-23(13-11-22)29-15-17-30(18-16-29)26(32)21-7-4-14-31(19-21)27(33)25-9-3-6-20-5-1-2-8-24(20)25/h1-3,5-6,8-13,21H,4,7,14-19H2. The van der Waals surface area contributed by atoms with Crippen LogP contribution in [-0.4, -0.2) is 60.9 Å². The Kier molecular flexibility index (Phi) is 5.99. The van der Waals surface area contributed by atoms with E-state index in [0.29, 0.717) is 31.7 Å². The quantitative estimate of drug-likeness (QED) is 0.608. The molecule has 0 saturated carbocycles. The molecule has 6 heteroatoms. The molecule has 5 nitrogen and oxygen atoms in total. The van der Waals surface area contributed by atoms with E-state index in [1.54, 1.807) is 12.1 Å². The van der Waals surface area contributed by atoms with E-state index in [4.69, 9.17) is 0 Å². The number of rotatable bonds is 3. The first-order valence-electron chi connectivity index (χ1n) is 11.7. The fourth-order valence-electron chi connectivity index (χ4n) is 5.04. The minimum atomic E-state index is -0.243. The Bertz CT molecular complexity index is 1150. The Morgan fingerprint density at radius 3 is 2.30 bits per heavy atom. The van der Waals surface area contributed by atoms with Crippen molar-refractivity contribution >= 4 is 28.3 Å². The van der Waals surface area contributed by atoms with Gasteiger partial charge >= 0.3 is 0 Å². The molecule has 2 saturated heterocycles. The van der Waals surface area contributed by atoms with Crippen LogP contribution in [0.2, 0.25) is 0 Å². The topological polar surface area (TPSA) is 43.9 Å². The second-order valence-electron chi connectivity index (χ2n) is 8.91. The first kappa shape index (κ1) is 21.4. The van der Waals surface area contributed by atoms with Crippen molar-refractivity contribution in [3.05, 3.63) is 78.1 Å². The third-order valence-electron chi connectivity index (χ3n) is 6.86. The fraction of sp³-hybridized carbons (Fsp3) is 0.333. The lowest BCUT2D eigenvalue weighted by Gasteiger charge is -2.39. The molecule has 2 aliphatic rings. The zero-order valence-corrected chi connectivity index (χ0v) is 18.6. The molecule has 2 aliphatic heterocycles. The average Bonchev–Trinajstić information content (AvgIpc) is 2.88. The van der Waals surface area contributed by atoms with Gasteiger partial charge in [-0.15, -0.1) is 0 Å². The highest BCUT2D eigenvalue weighted by molar-refractivity contribution is 6.07. The summed E-state index contributed by atoms with van der Waals surface area (Å²) in [5, 5.41) is 2.00. The van der Waals surface area contributed by atoms with Gasteiger partial charge in [0.2, 0.25) is 5.91 Å². The Morgan fingerprint density at radius 1 is 0.788 bits per heavy atom. The number of piperidine rings is 1. The number of hydrogen-bond acceptors (Lipinski definition) is 3. The molecule has 5 rings (SSSR count). The molecule has 33 heavy (non-hydrogen) atoms. The molecule has 1 unspecified atom stereocenters. The average molecular weight is 446 g/mol. The Hall–Kier alpha value is -3.41. The number of carbonyl (C=O) groups excluding carboxylic acids is 2. The van der Waals surface area contributed by atoms with Gasteiger partial charge in [0.05, 0.1) is 5.92 Å². The minimum absolute atomic E-state index is 0.00503. The molecule has 0 bridgehead atoms. The van der Waals surface area contributed by atoms with Crippen molar-refractivity contribution < 1.29 is 14.0 Å². The van der Waals surface area contributed by atoms with Crippen LogP contribution in [0, 0.1) is 11.7 Å². The van der Waals surface area contributed by atoms with Crippen LogP contribution in [0.4, 0.5) is 10.1 Å². The number of halogens is 1. The lowest BCUT2D eigenvalue weighted by Crippen LogP contribution is -2.53. The molecule has 2 fully saturated rings. The van der Waals surface area contributed by atoms with Crippen LogP contribution in [0.5, 0.6) is 0 Å². The van der Waals surface area contributed by atoms with Crippen molar-refractivity contribution in [2.75, 3.05) is 44.2 Å².